The normalized spacial score (nSPS) is 10.2. The van der Waals surface area contributed by atoms with Crippen LogP contribution in [-0.2, 0) is 11.3 Å². The van der Waals surface area contributed by atoms with Gasteiger partial charge in [-0.2, -0.15) is 5.10 Å². The van der Waals surface area contributed by atoms with Crippen LogP contribution in [0.25, 0.3) is 0 Å². The molecule has 5 nitrogen and oxygen atoms in total. The SMILES string of the molecule is Cc1nn(CC(=O)NCCO)cc1Cl. The molecule has 0 aliphatic rings. The molecule has 0 bridgehead atoms. The van der Waals surface area contributed by atoms with Crippen LogP contribution in [-0.4, -0.2) is 33.9 Å². The largest absolute Gasteiger partial charge is 0.395 e. The highest BCUT2D eigenvalue weighted by molar-refractivity contribution is 6.31. The summed E-state index contributed by atoms with van der Waals surface area (Å²) in [5, 5.41) is 15.5. The number of amides is 1. The van der Waals surface area contributed by atoms with Crippen LogP contribution >= 0.6 is 11.6 Å². The van der Waals surface area contributed by atoms with Gasteiger partial charge in [-0.05, 0) is 6.92 Å². The minimum Gasteiger partial charge on any atom is -0.395 e. The van der Waals surface area contributed by atoms with Gasteiger partial charge in [0.2, 0.25) is 5.91 Å². The molecule has 0 aliphatic heterocycles. The van der Waals surface area contributed by atoms with E-state index in [0.29, 0.717) is 10.7 Å². The van der Waals surface area contributed by atoms with Crippen molar-refractivity contribution in [2.24, 2.45) is 0 Å². The number of aryl methyl sites for hydroxylation is 1. The third-order valence-electron chi connectivity index (χ3n) is 1.63. The second-order valence-electron chi connectivity index (χ2n) is 2.83. The van der Waals surface area contributed by atoms with Gasteiger partial charge in [0.15, 0.2) is 0 Å². The van der Waals surface area contributed by atoms with E-state index in [1.54, 1.807) is 13.1 Å². The summed E-state index contributed by atoms with van der Waals surface area (Å²) in [6.07, 6.45) is 1.59. The first-order chi connectivity index (χ1) is 6.63. The Labute approximate surface area is 86.7 Å². The maximum atomic E-state index is 11.2. The van der Waals surface area contributed by atoms with Gasteiger partial charge in [-0.1, -0.05) is 11.6 Å². The standard InChI is InChI=1S/C8H12ClN3O2/c1-6-7(9)4-12(11-6)5-8(14)10-2-3-13/h4,13H,2-3,5H2,1H3,(H,10,14). The summed E-state index contributed by atoms with van der Waals surface area (Å²) in [7, 11) is 0. The van der Waals surface area contributed by atoms with E-state index in [1.165, 1.54) is 4.68 Å². The quantitative estimate of drug-likeness (QED) is 0.744. The Morgan fingerprint density at radius 2 is 2.50 bits per heavy atom. The van der Waals surface area contributed by atoms with Gasteiger partial charge < -0.3 is 10.4 Å². The molecular weight excluding hydrogens is 206 g/mol. The van der Waals surface area contributed by atoms with E-state index < -0.39 is 0 Å². The molecular formula is C8H12ClN3O2. The number of aromatic nitrogens is 2. The van der Waals surface area contributed by atoms with Crippen LogP contribution < -0.4 is 5.32 Å². The lowest BCUT2D eigenvalue weighted by Gasteiger charge is -2.02. The monoisotopic (exact) mass is 217 g/mol. The van der Waals surface area contributed by atoms with Crippen molar-refractivity contribution < 1.29 is 9.90 Å². The number of carbonyl (C=O) groups is 1. The molecule has 78 valence electrons. The zero-order valence-corrected chi connectivity index (χ0v) is 8.58. The maximum absolute atomic E-state index is 11.2. The number of rotatable bonds is 4. The highest BCUT2D eigenvalue weighted by Crippen LogP contribution is 2.11. The van der Waals surface area contributed by atoms with Crippen molar-refractivity contribution in [2.45, 2.75) is 13.5 Å². The Morgan fingerprint density at radius 1 is 1.79 bits per heavy atom. The highest BCUT2D eigenvalue weighted by atomic mass is 35.5. The average molecular weight is 218 g/mol. The van der Waals surface area contributed by atoms with E-state index >= 15 is 0 Å². The Balaban J connectivity index is 2.48. The molecule has 6 heteroatoms. The van der Waals surface area contributed by atoms with Crippen molar-refractivity contribution in [3.8, 4) is 0 Å². The smallest absolute Gasteiger partial charge is 0.241 e. The molecule has 1 heterocycles. The van der Waals surface area contributed by atoms with Crippen molar-refractivity contribution in [2.75, 3.05) is 13.2 Å². The van der Waals surface area contributed by atoms with Crippen molar-refractivity contribution in [3.63, 3.8) is 0 Å². The second-order valence-corrected chi connectivity index (χ2v) is 3.24. The first kappa shape index (κ1) is 11.0. The van der Waals surface area contributed by atoms with Crippen LogP contribution in [0.3, 0.4) is 0 Å². The zero-order chi connectivity index (χ0) is 10.6. The molecule has 1 aromatic heterocycles. The molecule has 0 saturated carbocycles. The lowest BCUT2D eigenvalue weighted by atomic mass is 10.5. The molecule has 0 fully saturated rings. The van der Waals surface area contributed by atoms with Crippen molar-refractivity contribution >= 4 is 17.5 Å². The molecule has 1 aromatic rings. The molecule has 0 unspecified atom stereocenters. The number of hydrogen-bond donors (Lipinski definition) is 2. The van der Waals surface area contributed by atoms with Crippen LogP contribution in [0.15, 0.2) is 6.20 Å². The van der Waals surface area contributed by atoms with Gasteiger partial charge in [0.25, 0.3) is 0 Å². The lowest BCUT2D eigenvalue weighted by molar-refractivity contribution is -0.122. The fraction of sp³-hybridized carbons (Fsp3) is 0.500. The molecule has 0 spiro atoms. The maximum Gasteiger partial charge on any atom is 0.241 e. The van der Waals surface area contributed by atoms with Gasteiger partial charge in [-0.25, -0.2) is 0 Å². The van der Waals surface area contributed by atoms with Crippen LogP contribution in [0.5, 0.6) is 0 Å². The number of aliphatic hydroxyl groups is 1. The van der Waals surface area contributed by atoms with E-state index in [1.807, 2.05) is 0 Å². The predicted molar refractivity (Wildman–Crippen MR) is 52.1 cm³/mol. The summed E-state index contributed by atoms with van der Waals surface area (Å²) >= 11 is 5.76. The number of hydrogen-bond acceptors (Lipinski definition) is 3. The predicted octanol–water partition coefficient (Wildman–Crippen LogP) is -0.0466. The highest BCUT2D eigenvalue weighted by Gasteiger charge is 2.05. The topological polar surface area (TPSA) is 67.2 Å². The van der Waals surface area contributed by atoms with E-state index in [-0.39, 0.29) is 25.6 Å². The molecule has 0 saturated heterocycles. The Bertz CT molecular complexity index is 305. The number of aliphatic hydroxyl groups excluding tert-OH is 1. The van der Waals surface area contributed by atoms with Crippen molar-refractivity contribution in [1.82, 2.24) is 15.1 Å². The summed E-state index contributed by atoms with van der Waals surface area (Å²) < 4.78 is 1.46. The lowest BCUT2D eigenvalue weighted by Crippen LogP contribution is -2.30. The van der Waals surface area contributed by atoms with E-state index in [4.69, 9.17) is 16.7 Å². The molecule has 1 amide bonds. The van der Waals surface area contributed by atoms with Gasteiger partial charge >= 0.3 is 0 Å². The molecule has 0 radical (unpaired) electrons. The number of nitrogens with one attached hydrogen (secondary N) is 1. The fourth-order valence-electron chi connectivity index (χ4n) is 0.973. The summed E-state index contributed by atoms with van der Waals surface area (Å²) in [4.78, 5) is 11.2. The zero-order valence-electron chi connectivity index (χ0n) is 7.83. The summed E-state index contributed by atoms with van der Waals surface area (Å²) in [5.74, 6) is -0.196. The molecule has 0 aliphatic carbocycles. The Hall–Kier alpha value is -1.07. The van der Waals surface area contributed by atoms with Gasteiger partial charge in [-0.15, -0.1) is 0 Å². The van der Waals surface area contributed by atoms with E-state index in [0.717, 1.165) is 0 Å². The van der Waals surface area contributed by atoms with E-state index in [2.05, 4.69) is 10.4 Å². The summed E-state index contributed by atoms with van der Waals surface area (Å²) in [6.45, 7) is 2.08. The second kappa shape index (κ2) is 4.97. The third kappa shape index (κ3) is 3.01. The number of halogens is 1. The summed E-state index contributed by atoms with van der Waals surface area (Å²) in [6, 6.07) is 0. The molecule has 2 N–H and O–H groups in total. The summed E-state index contributed by atoms with van der Waals surface area (Å²) in [5.41, 5.74) is 0.696. The minimum absolute atomic E-state index is 0.0649. The molecule has 0 aromatic carbocycles. The van der Waals surface area contributed by atoms with Gasteiger partial charge in [0, 0.05) is 12.7 Å². The Kier molecular flexibility index (Phi) is 3.91. The minimum atomic E-state index is -0.196. The number of carbonyl (C=O) groups excluding carboxylic acids is 1. The van der Waals surface area contributed by atoms with Gasteiger partial charge in [0.05, 0.1) is 17.3 Å². The van der Waals surface area contributed by atoms with Crippen LogP contribution in [0.1, 0.15) is 5.69 Å². The van der Waals surface area contributed by atoms with E-state index in [9.17, 15) is 4.79 Å². The third-order valence-corrected chi connectivity index (χ3v) is 2.00. The fourth-order valence-corrected chi connectivity index (χ4v) is 1.12. The van der Waals surface area contributed by atoms with Crippen molar-refractivity contribution in [3.05, 3.63) is 16.9 Å². The average Bonchev–Trinajstić information content (AvgIpc) is 2.42. The van der Waals surface area contributed by atoms with Gasteiger partial charge in [0.1, 0.15) is 6.54 Å². The first-order valence-corrected chi connectivity index (χ1v) is 4.58. The molecule has 0 atom stereocenters. The first-order valence-electron chi connectivity index (χ1n) is 4.20. The molecule has 14 heavy (non-hydrogen) atoms. The van der Waals surface area contributed by atoms with Crippen molar-refractivity contribution in [1.29, 1.82) is 0 Å². The molecule has 1 rings (SSSR count). The van der Waals surface area contributed by atoms with Crippen LogP contribution in [0.2, 0.25) is 5.02 Å². The number of nitrogens with zero attached hydrogens (tertiary/aromatic N) is 2. The van der Waals surface area contributed by atoms with Crippen LogP contribution in [0.4, 0.5) is 0 Å². The Morgan fingerprint density at radius 3 is 3.00 bits per heavy atom. The van der Waals surface area contributed by atoms with Crippen LogP contribution in [0, 0.1) is 6.92 Å². The van der Waals surface area contributed by atoms with Gasteiger partial charge in [-0.3, -0.25) is 9.48 Å².